The fourth-order valence-electron chi connectivity index (χ4n) is 4.75. The molecule has 1 spiro atoms. The first-order chi connectivity index (χ1) is 12.2. The summed E-state index contributed by atoms with van der Waals surface area (Å²) in [6.07, 6.45) is 2.10. The average molecular weight is 335 g/mol. The van der Waals surface area contributed by atoms with Crippen LogP contribution >= 0.6 is 0 Å². The van der Waals surface area contributed by atoms with Gasteiger partial charge in [-0.1, -0.05) is 54.6 Å². The molecule has 1 heterocycles. The predicted octanol–water partition coefficient (Wildman–Crippen LogP) is 3.57. The number of carbonyl (C=O) groups excluding carboxylic acids is 1. The number of nitrogens with zero attached hydrogens (tertiary/aromatic N) is 1. The van der Waals surface area contributed by atoms with Gasteiger partial charge in [0, 0.05) is 25.0 Å². The Labute approximate surface area is 149 Å². The first kappa shape index (κ1) is 16.3. The molecule has 1 saturated heterocycles. The summed E-state index contributed by atoms with van der Waals surface area (Å²) < 4.78 is 5.46. The number of rotatable bonds is 4. The molecule has 3 heteroatoms. The number of fused-ring (bicyclic) bond motifs is 2. The zero-order valence-electron chi connectivity index (χ0n) is 14.8. The summed E-state index contributed by atoms with van der Waals surface area (Å²) in [6.45, 7) is 4.95. The lowest BCUT2D eigenvalue weighted by molar-refractivity contribution is -0.149. The molecule has 2 aromatic rings. The van der Waals surface area contributed by atoms with Crippen molar-refractivity contribution in [3.63, 3.8) is 0 Å². The van der Waals surface area contributed by atoms with E-state index in [4.69, 9.17) is 4.74 Å². The Morgan fingerprint density at radius 3 is 2.72 bits per heavy atom. The van der Waals surface area contributed by atoms with Crippen molar-refractivity contribution >= 4 is 5.97 Å². The van der Waals surface area contributed by atoms with E-state index in [2.05, 4.69) is 53.4 Å². The van der Waals surface area contributed by atoms with Crippen LogP contribution in [0.3, 0.4) is 0 Å². The van der Waals surface area contributed by atoms with Crippen LogP contribution in [0.5, 0.6) is 0 Å². The minimum absolute atomic E-state index is 0.0326. The predicted molar refractivity (Wildman–Crippen MR) is 98.3 cm³/mol. The van der Waals surface area contributed by atoms with Crippen LogP contribution in [0.25, 0.3) is 0 Å². The molecular formula is C22H25NO2. The Balaban J connectivity index is 1.65. The van der Waals surface area contributed by atoms with E-state index < -0.39 is 0 Å². The molecule has 4 rings (SSSR count). The van der Waals surface area contributed by atoms with Crippen LogP contribution in [0.2, 0.25) is 0 Å². The smallest absolute Gasteiger partial charge is 0.311 e. The Bertz CT molecular complexity index is 758. The fraction of sp³-hybridized carbons (Fsp3) is 0.409. The zero-order valence-corrected chi connectivity index (χ0v) is 14.8. The highest BCUT2D eigenvalue weighted by atomic mass is 16.5. The zero-order chi connectivity index (χ0) is 17.3. The normalized spacial score (nSPS) is 25.2. The second-order valence-electron chi connectivity index (χ2n) is 7.27. The van der Waals surface area contributed by atoms with Crippen molar-refractivity contribution in [3.05, 3.63) is 71.3 Å². The minimum Gasteiger partial charge on any atom is -0.466 e. The number of hydrogen-bond acceptors (Lipinski definition) is 3. The van der Waals surface area contributed by atoms with Crippen LogP contribution in [0.15, 0.2) is 54.6 Å². The van der Waals surface area contributed by atoms with Gasteiger partial charge in [-0.05, 0) is 36.5 Å². The first-order valence-corrected chi connectivity index (χ1v) is 9.24. The van der Waals surface area contributed by atoms with Crippen molar-refractivity contribution in [2.45, 2.75) is 31.7 Å². The Kier molecular flexibility index (Phi) is 4.34. The molecule has 0 radical (unpaired) electrons. The number of aryl methyl sites for hydroxylation is 1. The Morgan fingerprint density at radius 2 is 1.92 bits per heavy atom. The lowest BCUT2D eigenvalue weighted by Crippen LogP contribution is -2.38. The maximum absolute atomic E-state index is 12.8. The fourth-order valence-corrected chi connectivity index (χ4v) is 4.75. The summed E-state index contributed by atoms with van der Waals surface area (Å²) in [5, 5.41) is 0. The number of hydrogen-bond donors (Lipinski definition) is 0. The summed E-state index contributed by atoms with van der Waals surface area (Å²) >= 11 is 0. The van der Waals surface area contributed by atoms with Crippen molar-refractivity contribution in [1.29, 1.82) is 0 Å². The molecule has 2 aliphatic rings. The van der Waals surface area contributed by atoms with Gasteiger partial charge in [-0.3, -0.25) is 9.69 Å². The maximum Gasteiger partial charge on any atom is 0.311 e. The molecule has 25 heavy (non-hydrogen) atoms. The number of ether oxygens (including phenoxy) is 1. The Hall–Kier alpha value is -2.13. The molecule has 2 atom stereocenters. The molecule has 0 aromatic heterocycles. The quantitative estimate of drug-likeness (QED) is 0.800. The molecule has 2 aromatic carbocycles. The van der Waals surface area contributed by atoms with Crippen molar-refractivity contribution in [2.24, 2.45) is 5.92 Å². The molecule has 2 unspecified atom stereocenters. The van der Waals surface area contributed by atoms with E-state index in [1.165, 1.54) is 16.7 Å². The first-order valence-electron chi connectivity index (χ1n) is 9.24. The summed E-state index contributed by atoms with van der Waals surface area (Å²) in [7, 11) is 0. The number of likely N-dealkylation sites (tertiary alicyclic amines) is 1. The molecule has 1 aliphatic heterocycles. The number of carbonyl (C=O) groups is 1. The average Bonchev–Trinajstić information content (AvgIpc) is 3.19. The third-order valence-corrected chi connectivity index (χ3v) is 5.83. The second kappa shape index (κ2) is 6.64. The summed E-state index contributed by atoms with van der Waals surface area (Å²) in [6, 6.07) is 19.2. The van der Waals surface area contributed by atoms with Gasteiger partial charge in [0.15, 0.2) is 0 Å². The topological polar surface area (TPSA) is 29.5 Å². The molecule has 0 amide bonds. The number of esters is 1. The van der Waals surface area contributed by atoms with E-state index in [1.807, 2.05) is 13.0 Å². The van der Waals surface area contributed by atoms with Gasteiger partial charge >= 0.3 is 5.97 Å². The van der Waals surface area contributed by atoms with Crippen molar-refractivity contribution in [1.82, 2.24) is 4.90 Å². The van der Waals surface area contributed by atoms with Crippen LogP contribution in [0.4, 0.5) is 0 Å². The third kappa shape index (κ3) is 2.87. The number of benzene rings is 2. The minimum atomic E-state index is -0.0857. The molecule has 0 saturated carbocycles. The highest BCUT2D eigenvalue weighted by Gasteiger charge is 2.54. The summed E-state index contributed by atoms with van der Waals surface area (Å²) in [4.78, 5) is 15.2. The van der Waals surface area contributed by atoms with Gasteiger partial charge < -0.3 is 4.74 Å². The van der Waals surface area contributed by atoms with Crippen LogP contribution in [0.1, 0.15) is 30.0 Å². The summed E-state index contributed by atoms with van der Waals surface area (Å²) in [5.41, 5.74) is 3.98. The molecule has 130 valence electrons. The highest BCUT2D eigenvalue weighted by Crippen LogP contribution is 2.49. The van der Waals surface area contributed by atoms with E-state index in [-0.39, 0.29) is 17.3 Å². The second-order valence-corrected chi connectivity index (χ2v) is 7.27. The van der Waals surface area contributed by atoms with Gasteiger partial charge in [0.1, 0.15) is 0 Å². The molecule has 1 aliphatic carbocycles. The van der Waals surface area contributed by atoms with Gasteiger partial charge in [-0.25, -0.2) is 0 Å². The molecular weight excluding hydrogens is 310 g/mol. The van der Waals surface area contributed by atoms with E-state index in [9.17, 15) is 4.79 Å². The molecule has 1 fully saturated rings. The third-order valence-electron chi connectivity index (χ3n) is 5.83. The summed E-state index contributed by atoms with van der Waals surface area (Å²) in [5.74, 6) is -0.102. The van der Waals surface area contributed by atoms with Crippen molar-refractivity contribution in [3.8, 4) is 0 Å². The lowest BCUT2D eigenvalue weighted by Gasteiger charge is -2.30. The van der Waals surface area contributed by atoms with Gasteiger partial charge in [-0.2, -0.15) is 0 Å². The Morgan fingerprint density at radius 1 is 1.16 bits per heavy atom. The SMILES string of the molecule is CCOC(=O)C1CN(Cc2ccccc2)CC12CCc1ccccc12. The maximum atomic E-state index is 12.8. The molecule has 3 nitrogen and oxygen atoms in total. The van der Waals surface area contributed by atoms with Crippen LogP contribution in [0, 0.1) is 5.92 Å². The largest absolute Gasteiger partial charge is 0.466 e. The lowest BCUT2D eigenvalue weighted by atomic mass is 9.73. The monoisotopic (exact) mass is 335 g/mol. The standard InChI is InChI=1S/C22H25NO2/c1-2-25-21(24)20-15-23(14-17-8-4-3-5-9-17)16-22(20)13-12-18-10-6-7-11-19(18)22/h3-11,20H,2,12-16H2,1H3. The van der Waals surface area contributed by atoms with Gasteiger partial charge in [-0.15, -0.1) is 0 Å². The van der Waals surface area contributed by atoms with E-state index in [0.717, 1.165) is 32.5 Å². The van der Waals surface area contributed by atoms with E-state index in [0.29, 0.717) is 6.61 Å². The van der Waals surface area contributed by atoms with Crippen LogP contribution < -0.4 is 0 Å². The van der Waals surface area contributed by atoms with Crippen LogP contribution in [-0.4, -0.2) is 30.6 Å². The van der Waals surface area contributed by atoms with E-state index >= 15 is 0 Å². The highest BCUT2D eigenvalue weighted by molar-refractivity contribution is 5.76. The molecule has 0 N–H and O–H groups in total. The van der Waals surface area contributed by atoms with Crippen molar-refractivity contribution in [2.75, 3.05) is 19.7 Å². The van der Waals surface area contributed by atoms with Gasteiger partial charge in [0.05, 0.1) is 12.5 Å². The van der Waals surface area contributed by atoms with Gasteiger partial charge in [0.2, 0.25) is 0 Å². The molecule has 0 bridgehead atoms. The van der Waals surface area contributed by atoms with Gasteiger partial charge in [0.25, 0.3) is 0 Å². The van der Waals surface area contributed by atoms with Crippen LogP contribution in [-0.2, 0) is 27.9 Å². The van der Waals surface area contributed by atoms with E-state index in [1.54, 1.807) is 0 Å². The van der Waals surface area contributed by atoms with Crippen molar-refractivity contribution < 1.29 is 9.53 Å².